The van der Waals surface area contributed by atoms with E-state index in [-0.39, 0.29) is 18.5 Å². The highest BCUT2D eigenvalue weighted by molar-refractivity contribution is 5.88. The molecule has 1 aliphatic heterocycles. The number of fused-ring (bicyclic) bond motifs is 1. The van der Waals surface area contributed by atoms with Crippen LogP contribution >= 0.6 is 0 Å². The molecule has 1 amide bonds. The normalized spacial score (nSPS) is 17.9. The van der Waals surface area contributed by atoms with E-state index in [4.69, 9.17) is 14.3 Å². The second-order valence-corrected chi connectivity index (χ2v) is 7.07. The summed E-state index contributed by atoms with van der Waals surface area (Å²) in [6.45, 7) is 1.39. The van der Waals surface area contributed by atoms with E-state index >= 15 is 0 Å². The Bertz CT molecular complexity index is 816. The number of nitrogens with zero attached hydrogens (tertiary/aromatic N) is 2. The summed E-state index contributed by atoms with van der Waals surface area (Å²) in [4.78, 5) is 27.5. The van der Waals surface area contributed by atoms with Crippen molar-refractivity contribution < 1.29 is 23.8 Å². The lowest BCUT2D eigenvalue weighted by atomic mass is 10.1. The Morgan fingerprint density at radius 3 is 2.89 bits per heavy atom. The molecule has 1 fully saturated rings. The van der Waals surface area contributed by atoms with Crippen LogP contribution in [-0.4, -0.2) is 66.6 Å². The number of hydrogen-bond acceptors (Lipinski definition) is 5. The number of likely N-dealkylation sites (N-methyl/N-ethyl adjacent to an activating group) is 1. The van der Waals surface area contributed by atoms with Crippen molar-refractivity contribution in [1.29, 1.82) is 0 Å². The van der Waals surface area contributed by atoms with Crippen molar-refractivity contribution in [2.75, 3.05) is 33.8 Å². The van der Waals surface area contributed by atoms with Crippen molar-refractivity contribution in [2.24, 2.45) is 0 Å². The maximum Gasteiger partial charge on any atom is 0.317 e. The Hall–Kier alpha value is -2.54. The topological polar surface area (TPSA) is 83.2 Å². The van der Waals surface area contributed by atoms with E-state index in [1.54, 1.807) is 13.4 Å². The van der Waals surface area contributed by atoms with Gasteiger partial charge in [0, 0.05) is 36.1 Å². The molecule has 0 radical (unpaired) electrons. The fraction of sp³-hybridized carbons (Fsp3) is 0.500. The number of rotatable bonds is 6. The fourth-order valence-electron chi connectivity index (χ4n) is 3.71. The van der Waals surface area contributed by atoms with Crippen LogP contribution in [0.5, 0.6) is 5.75 Å². The molecule has 7 nitrogen and oxygen atoms in total. The summed E-state index contributed by atoms with van der Waals surface area (Å²) in [7, 11) is 3.44. The first-order valence-electron chi connectivity index (χ1n) is 9.22. The van der Waals surface area contributed by atoms with Crippen molar-refractivity contribution in [1.82, 2.24) is 9.80 Å². The maximum absolute atomic E-state index is 12.8. The number of hydrogen-bond donors (Lipinski definition) is 1. The number of carbonyl (C=O) groups excluding carboxylic acids is 1. The van der Waals surface area contributed by atoms with Gasteiger partial charge in [-0.15, -0.1) is 0 Å². The van der Waals surface area contributed by atoms with Gasteiger partial charge in [0.15, 0.2) is 0 Å². The van der Waals surface area contributed by atoms with Gasteiger partial charge in [-0.2, -0.15) is 0 Å². The monoisotopic (exact) mass is 374 g/mol. The second-order valence-electron chi connectivity index (χ2n) is 7.07. The van der Waals surface area contributed by atoms with Gasteiger partial charge in [0.1, 0.15) is 11.3 Å². The highest BCUT2D eigenvalue weighted by Crippen LogP contribution is 2.26. The van der Waals surface area contributed by atoms with Gasteiger partial charge in [0.05, 0.1) is 26.3 Å². The molecule has 1 aromatic heterocycles. The van der Waals surface area contributed by atoms with Crippen LogP contribution in [0.3, 0.4) is 0 Å². The van der Waals surface area contributed by atoms with Gasteiger partial charge in [-0.25, -0.2) is 0 Å². The number of benzene rings is 1. The zero-order valence-electron chi connectivity index (χ0n) is 15.8. The number of ether oxygens (including phenoxy) is 1. The van der Waals surface area contributed by atoms with Crippen LogP contribution in [0.4, 0.5) is 0 Å². The summed E-state index contributed by atoms with van der Waals surface area (Å²) in [6.07, 6.45) is 4.52. The molecular formula is C20H26N2O5. The first kappa shape index (κ1) is 19.2. The van der Waals surface area contributed by atoms with Gasteiger partial charge in [-0.1, -0.05) is 0 Å². The molecule has 1 aromatic carbocycles. The number of carboxylic acid groups (broad SMARTS) is 1. The average molecular weight is 374 g/mol. The molecule has 0 aliphatic carbocycles. The van der Waals surface area contributed by atoms with Gasteiger partial charge in [-0.3, -0.25) is 14.5 Å². The maximum atomic E-state index is 12.8. The van der Waals surface area contributed by atoms with Gasteiger partial charge in [0.2, 0.25) is 5.91 Å². The molecule has 2 aromatic rings. The SMILES string of the molecule is COc1ccc2c(CC(=O)N3CCCC(N(C)CC(=O)O)CC3)coc2c1. The summed E-state index contributed by atoms with van der Waals surface area (Å²) in [5.74, 6) is -0.0213. The first-order chi connectivity index (χ1) is 13.0. The van der Waals surface area contributed by atoms with Crippen molar-refractivity contribution in [3.05, 3.63) is 30.0 Å². The molecule has 2 heterocycles. The van der Waals surface area contributed by atoms with Crippen LogP contribution < -0.4 is 4.74 Å². The van der Waals surface area contributed by atoms with E-state index in [1.165, 1.54) is 0 Å². The number of amides is 1. The number of carbonyl (C=O) groups is 2. The molecule has 1 unspecified atom stereocenters. The Morgan fingerprint density at radius 2 is 2.15 bits per heavy atom. The quantitative estimate of drug-likeness (QED) is 0.836. The van der Waals surface area contributed by atoms with E-state index in [9.17, 15) is 9.59 Å². The van der Waals surface area contributed by atoms with Crippen LogP contribution in [0.25, 0.3) is 11.0 Å². The molecule has 7 heteroatoms. The minimum absolute atomic E-state index is 0.0308. The molecule has 1 aliphatic rings. The smallest absolute Gasteiger partial charge is 0.317 e. The minimum atomic E-state index is -0.821. The molecule has 0 spiro atoms. The average Bonchev–Trinajstić information content (AvgIpc) is 2.87. The van der Waals surface area contributed by atoms with Crippen LogP contribution in [0, 0.1) is 0 Å². The lowest BCUT2D eigenvalue weighted by Gasteiger charge is -2.25. The molecular weight excluding hydrogens is 348 g/mol. The number of aliphatic carboxylic acids is 1. The van der Waals surface area contributed by atoms with E-state index in [1.807, 2.05) is 35.0 Å². The molecule has 1 N–H and O–H groups in total. The summed E-state index contributed by atoms with van der Waals surface area (Å²) in [5, 5.41) is 9.89. The largest absolute Gasteiger partial charge is 0.497 e. The van der Waals surface area contributed by atoms with Gasteiger partial charge in [0.25, 0.3) is 0 Å². The standard InChI is InChI=1S/C20H26N2O5/c1-21(12-20(24)25)15-4-3-8-22(9-7-15)19(23)10-14-13-27-18-11-16(26-2)5-6-17(14)18/h5-6,11,13,15H,3-4,7-10,12H2,1-2H3,(H,24,25). The van der Waals surface area contributed by atoms with Crippen molar-refractivity contribution in [3.63, 3.8) is 0 Å². The van der Waals surface area contributed by atoms with Crippen molar-refractivity contribution in [2.45, 2.75) is 31.7 Å². The zero-order valence-corrected chi connectivity index (χ0v) is 15.8. The Kier molecular flexibility index (Phi) is 6.01. The van der Waals surface area contributed by atoms with Crippen LogP contribution in [0.2, 0.25) is 0 Å². The number of likely N-dealkylation sites (tertiary alicyclic amines) is 1. The molecule has 27 heavy (non-hydrogen) atoms. The van der Waals surface area contributed by atoms with Gasteiger partial charge in [-0.05, 0) is 38.4 Å². The summed E-state index contributed by atoms with van der Waals surface area (Å²) in [5.41, 5.74) is 1.59. The summed E-state index contributed by atoms with van der Waals surface area (Å²) in [6, 6.07) is 5.79. The predicted molar refractivity (Wildman–Crippen MR) is 101 cm³/mol. The molecule has 1 atom stereocenters. The van der Waals surface area contributed by atoms with Gasteiger partial charge >= 0.3 is 5.97 Å². The van der Waals surface area contributed by atoms with E-state index in [2.05, 4.69) is 0 Å². The zero-order chi connectivity index (χ0) is 19.4. The third kappa shape index (κ3) is 4.60. The predicted octanol–water partition coefficient (Wildman–Crippen LogP) is 2.38. The molecule has 1 saturated heterocycles. The van der Waals surface area contributed by atoms with Crippen LogP contribution in [0.1, 0.15) is 24.8 Å². The lowest BCUT2D eigenvalue weighted by molar-refractivity contribution is -0.138. The first-order valence-corrected chi connectivity index (χ1v) is 9.22. The highest BCUT2D eigenvalue weighted by Gasteiger charge is 2.24. The van der Waals surface area contributed by atoms with Crippen LogP contribution in [0.15, 0.2) is 28.9 Å². The molecule has 0 saturated carbocycles. The second kappa shape index (κ2) is 8.43. The van der Waals surface area contributed by atoms with Crippen molar-refractivity contribution >= 4 is 22.8 Å². The molecule has 3 rings (SSSR count). The number of carboxylic acids is 1. The third-order valence-corrected chi connectivity index (χ3v) is 5.26. The van der Waals surface area contributed by atoms with E-state index in [0.717, 1.165) is 36.0 Å². The van der Waals surface area contributed by atoms with E-state index < -0.39 is 5.97 Å². The van der Waals surface area contributed by atoms with Gasteiger partial charge < -0.3 is 19.2 Å². The summed E-state index contributed by atoms with van der Waals surface area (Å²) < 4.78 is 10.8. The number of methoxy groups -OCH3 is 1. The molecule has 146 valence electrons. The lowest BCUT2D eigenvalue weighted by Crippen LogP contribution is -2.37. The minimum Gasteiger partial charge on any atom is -0.497 e. The Morgan fingerprint density at radius 1 is 1.33 bits per heavy atom. The van der Waals surface area contributed by atoms with E-state index in [0.29, 0.717) is 25.1 Å². The fourth-order valence-corrected chi connectivity index (χ4v) is 3.71. The van der Waals surface area contributed by atoms with Crippen molar-refractivity contribution in [3.8, 4) is 5.75 Å². The third-order valence-electron chi connectivity index (χ3n) is 5.26. The Balaban J connectivity index is 1.62. The summed E-state index contributed by atoms with van der Waals surface area (Å²) >= 11 is 0. The highest BCUT2D eigenvalue weighted by atomic mass is 16.5. The van der Waals surface area contributed by atoms with Crippen LogP contribution in [-0.2, 0) is 16.0 Å². The Labute approximate surface area is 158 Å². The number of furan rings is 1. The molecule has 0 bridgehead atoms.